The SMILES string of the molecule is NC(c1ccccc1)C1CCCN(Cc2ccccc2)C1. The van der Waals surface area contributed by atoms with E-state index in [0.29, 0.717) is 5.92 Å². The van der Waals surface area contributed by atoms with E-state index in [1.807, 2.05) is 0 Å². The van der Waals surface area contributed by atoms with Gasteiger partial charge in [0.15, 0.2) is 0 Å². The van der Waals surface area contributed by atoms with Crippen LogP contribution in [0.5, 0.6) is 0 Å². The zero-order chi connectivity index (χ0) is 14.5. The molecule has 0 radical (unpaired) electrons. The average Bonchev–Trinajstić information content (AvgIpc) is 2.56. The van der Waals surface area contributed by atoms with E-state index in [-0.39, 0.29) is 6.04 Å². The third-order valence-electron chi connectivity index (χ3n) is 4.48. The highest BCUT2D eigenvalue weighted by molar-refractivity contribution is 5.20. The predicted molar refractivity (Wildman–Crippen MR) is 87.8 cm³/mol. The Morgan fingerprint density at radius 3 is 2.38 bits per heavy atom. The Bertz CT molecular complexity index is 538. The minimum atomic E-state index is 0.157. The lowest BCUT2D eigenvalue weighted by atomic mass is 9.87. The van der Waals surface area contributed by atoms with Gasteiger partial charge in [0.05, 0.1) is 0 Å². The lowest BCUT2D eigenvalue weighted by Gasteiger charge is -2.36. The highest BCUT2D eigenvalue weighted by Gasteiger charge is 2.25. The largest absolute Gasteiger partial charge is 0.324 e. The van der Waals surface area contributed by atoms with Gasteiger partial charge >= 0.3 is 0 Å². The summed E-state index contributed by atoms with van der Waals surface area (Å²) in [7, 11) is 0. The minimum Gasteiger partial charge on any atom is -0.324 e. The molecule has 1 heterocycles. The van der Waals surface area contributed by atoms with Crippen molar-refractivity contribution in [3.05, 3.63) is 71.8 Å². The Labute approximate surface area is 127 Å². The summed E-state index contributed by atoms with van der Waals surface area (Å²) in [6.07, 6.45) is 2.49. The van der Waals surface area contributed by atoms with Gasteiger partial charge < -0.3 is 5.73 Å². The van der Waals surface area contributed by atoms with Gasteiger partial charge in [-0.1, -0.05) is 60.7 Å². The number of rotatable bonds is 4. The minimum absolute atomic E-state index is 0.157. The van der Waals surface area contributed by atoms with Gasteiger partial charge in [-0.15, -0.1) is 0 Å². The highest BCUT2D eigenvalue weighted by Crippen LogP contribution is 2.28. The van der Waals surface area contributed by atoms with Crippen molar-refractivity contribution < 1.29 is 0 Å². The van der Waals surface area contributed by atoms with Crippen molar-refractivity contribution in [2.75, 3.05) is 13.1 Å². The van der Waals surface area contributed by atoms with Crippen LogP contribution >= 0.6 is 0 Å². The fourth-order valence-corrected chi connectivity index (χ4v) is 3.32. The second kappa shape index (κ2) is 6.88. The maximum atomic E-state index is 6.50. The van der Waals surface area contributed by atoms with Crippen molar-refractivity contribution in [1.82, 2.24) is 4.90 Å². The van der Waals surface area contributed by atoms with E-state index in [0.717, 1.165) is 13.1 Å². The van der Waals surface area contributed by atoms with E-state index in [4.69, 9.17) is 5.73 Å². The molecule has 0 spiro atoms. The summed E-state index contributed by atoms with van der Waals surface area (Å²) in [4.78, 5) is 2.55. The zero-order valence-electron chi connectivity index (χ0n) is 12.5. The second-order valence-electron chi connectivity index (χ2n) is 6.06. The maximum absolute atomic E-state index is 6.50. The fraction of sp³-hybridized carbons (Fsp3) is 0.368. The first-order valence-electron chi connectivity index (χ1n) is 7.90. The van der Waals surface area contributed by atoms with E-state index in [1.54, 1.807) is 0 Å². The van der Waals surface area contributed by atoms with Gasteiger partial charge in [-0.2, -0.15) is 0 Å². The van der Waals surface area contributed by atoms with E-state index in [2.05, 4.69) is 65.6 Å². The number of hydrogen-bond donors (Lipinski definition) is 1. The number of nitrogens with two attached hydrogens (primary N) is 1. The summed E-state index contributed by atoms with van der Waals surface area (Å²) in [5, 5.41) is 0. The van der Waals surface area contributed by atoms with E-state index < -0.39 is 0 Å². The quantitative estimate of drug-likeness (QED) is 0.927. The van der Waals surface area contributed by atoms with Gasteiger partial charge in [-0.3, -0.25) is 4.90 Å². The Balaban J connectivity index is 1.63. The van der Waals surface area contributed by atoms with Gasteiger partial charge in [0.2, 0.25) is 0 Å². The van der Waals surface area contributed by atoms with Crippen LogP contribution in [0.1, 0.15) is 30.0 Å². The van der Waals surface area contributed by atoms with Crippen LogP contribution in [0.4, 0.5) is 0 Å². The molecule has 0 amide bonds. The lowest BCUT2D eigenvalue weighted by molar-refractivity contribution is 0.151. The molecule has 2 unspecified atom stereocenters. The smallest absolute Gasteiger partial charge is 0.0335 e. The van der Waals surface area contributed by atoms with Crippen LogP contribution in [-0.4, -0.2) is 18.0 Å². The molecule has 0 aromatic heterocycles. The van der Waals surface area contributed by atoms with E-state index in [9.17, 15) is 0 Å². The monoisotopic (exact) mass is 280 g/mol. The van der Waals surface area contributed by atoms with E-state index >= 15 is 0 Å². The molecule has 1 aliphatic heterocycles. The molecule has 0 saturated carbocycles. The summed E-state index contributed by atoms with van der Waals surface area (Å²) in [6.45, 7) is 3.33. The van der Waals surface area contributed by atoms with Gasteiger partial charge in [0.25, 0.3) is 0 Å². The number of hydrogen-bond acceptors (Lipinski definition) is 2. The average molecular weight is 280 g/mol. The van der Waals surface area contributed by atoms with Gasteiger partial charge in [0.1, 0.15) is 0 Å². The van der Waals surface area contributed by atoms with Gasteiger partial charge in [-0.05, 0) is 36.4 Å². The van der Waals surface area contributed by atoms with Crippen LogP contribution < -0.4 is 5.73 Å². The van der Waals surface area contributed by atoms with Crippen molar-refractivity contribution in [1.29, 1.82) is 0 Å². The first kappa shape index (κ1) is 14.3. The van der Waals surface area contributed by atoms with Crippen molar-refractivity contribution in [2.24, 2.45) is 11.7 Å². The molecule has 0 bridgehead atoms. The van der Waals surface area contributed by atoms with Crippen molar-refractivity contribution in [3.63, 3.8) is 0 Å². The lowest BCUT2D eigenvalue weighted by Crippen LogP contribution is -2.39. The third-order valence-corrected chi connectivity index (χ3v) is 4.48. The standard InChI is InChI=1S/C19H24N2/c20-19(17-10-5-2-6-11-17)18-12-7-13-21(15-18)14-16-8-3-1-4-9-16/h1-6,8-11,18-19H,7,12-15,20H2. The van der Waals surface area contributed by atoms with Crippen molar-refractivity contribution >= 4 is 0 Å². The van der Waals surface area contributed by atoms with Crippen LogP contribution in [0.25, 0.3) is 0 Å². The molecular formula is C19H24N2. The normalized spacial score (nSPS) is 21.1. The first-order chi connectivity index (χ1) is 10.3. The molecule has 21 heavy (non-hydrogen) atoms. The number of likely N-dealkylation sites (tertiary alicyclic amines) is 1. The van der Waals surface area contributed by atoms with Crippen LogP contribution in [0.15, 0.2) is 60.7 Å². The first-order valence-corrected chi connectivity index (χ1v) is 7.90. The Kier molecular flexibility index (Phi) is 4.69. The molecule has 2 atom stereocenters. The topological polar surface area (TPSA) is 29.3 Å². The molecule has 2 nitrogen and oxygen atoms in total. The van der Waals surface area contributed by atoms with Crippen LogP contribution in [0.3, 0.4) is 0 Å². The Hall–Kier alpha value is -1.64. The number of benzene rings is 2. The molecule has 2 aromatic carbocycles. The molecule has 2 aromatic rings. The number of piperidine rings is 1. The number of nitrogens with zero attached hydrogens (tertiary/aromatic N) is 1. The molecule has 2 heteroatoms. The third kappa shape index (κ3) is 3.72. The molecule has 1 fully saturated rings. The molecule has 2 N–H and O–H groups in total. The van der Waals surface area contributed by atoms with Crippen molar-refractivity contribution in [3.8, 4) is 0 Å². The molecule has 110 valence electrons. The van der Waals surface area contributed by atoms with Crippen molar-refractivity contribution in [2.45, 2.75) is 25.4 Å². The highest BCUT2D eigenvalue weighted by atomic mass is 15.1. The van der Waals surface area contributed by atoms with Gasteiger partial charge in [-0.25, -0.2) is 0 Å². The second-order valence-corrected chi connectivity index (χ2v) is 6.06. The fourth-order valence-electron chi connectivity index (χ4n) is 3.32. The molecule has 3 rings (SSSR count). The zero-order valence-corrected chi connectivity index (χ0v) is 12.5. The summed E-state index contributed by atoms with van der Waals surface area (Å²) in [5.74, 6) is 0.560. The maximum Gasteiger partial charge on any atom is 0.0335 e. The van der Waals surface area contributed by atoms with E-state index in [1.165, 1.54) is 30.5 Å². The summed E-state index contributed by atoms with van der Waals surface area (Å²) in [5.41, 5.74) is 9.16. The Morgan fingerprint density at radius 1 is 1.00 bits per heavy atom. The molecule has 0 aliphatic carbocycles. The molecule has 1 aliphatic rings. The molecular weight excluding hydrogens is 256 g/mol. The summed E-state index contributed by atoms with van der Waals surface area (Å²) in [6, 6.07) is 21.4. The summed E-state index contributed by atoms with van der Waals surface area (Å²) >= 11 is 0. The molecule has 1 saturated heterocycles. The Morgan fingerprint density at radius 2 is 1.67 bits per heavy atom. The predicted octanol–water partition coefficient (Wildman–Crippen LogP) is 3.60. The van der Waals surface area contributed by atoms with Crippen LogP contribution in [-0.2, 0) is 6.54 Å². The van der Waals surface area contributed by atoms with Gasteiger partial charge in [0, 0.05) is 19.1 Å². The summed E-state index contributed by atoms with van der Waals surface area (Å²) < 4.78 is 0. The van der Waals surface area contributed by atoms with Crippen LogP contribution in [0.2, 0.25) is 0 Å². The van der Waals surface area contributed by atoms with Crippen LogP contribution in [0, 0.1) is 5.92 Å².